The molecule has 1 atom stereocenters. The molecule has 0 radical (unpaired) electrons. The highest BCUT2D eigenvalue weighted by Gasteiger charge is 2.30. The number of nitrogens with zero attached hydrogens (tertiary/aromatic N) is 1. The van der Waals surface area contributed by atoms with Crippen LogP contribution in [0.2, 0.25) is 0 Å². The van der Waals surface area contributed by atoms with Crippen molar-refractivity contribution >= 4 is 6.09 Å². The van der Waals surface area contributed by atoms with Crippen LogP contribution >= 0.6 is 0 Å². The molecule has 4 rings (SSSR count). The maximum absolute atomic E-state index is 12.7. The second-order valence-corrected chi connectivity index (χ2v) is 7.11. The fourth-order valence-electron chi connectivity index (χ4n) is 4.06. The van der Waals surface area contributed by atoms with Gasteiger partial charge in [0.2, 0.25) is 0 Å². The van der Waals surface area contributed by atoms with Crippen molar-refractivity contribution in [1.82, 2.24) is 4.90 Å². The monoisotopic (exact) mass is 367 g/mol. The molecule has 0 aromatic heterocycles. The van der Waals surface area contributed by atoms with Gasteiger partial charge in [0.25, 0.3) is 0 Å². The van der Waals surface area contributed by atoms with E-state index in [4.69, 9.17) is 14.6 Å². The van der Waals surface area contributed by atoms with Crippen LogP contribution in [0.1, 0.15) is 29.9 Å². The summed E-state index contributed by atoms with van der Waals surface area (Å²) in [5.74, 6) is 0.0674. The number of hydrogen-bond donors (Lipinski definition) is 1. The molecule has 2 aliphatic rings. The summed E-state index contributed by atoms with van der Waals surface area (Å²) in [5.41, 5.74) is 4.87. The Balaban J connectivity index is 1.46. The minimum atomic E-state index is -0.301. The molecule has 2 aromatic carbocycles. The number of carbonyl (C=O) groups excluding carboxylic acids is 1. The zero-order valence-electron chi connectivity index (χ0n) is 15.3. The van der Waals surface area contributed by atoms with Gasteiger partial charge in [-0.15, -0.1) is 0 Å². The molecular formula is C22H25NO4. The molecule has 5 nitrogen and oxygen atoms in total. The summed E-state index contributed by atoms with van der Waals surface area (Å²) in [6.45, 7) is 2.09. The number of aliphatic hydroxyl groups excluding tert-OH is 1. The molecule has 0 saturated carbocycles. The Hall–Kier alpha value is -2.37. The van der Waals surface area contributed by atoms with Crippen molar-refractivity contribution in [3.63, 3.8) is 0 Å². The average Bonchev–Trinajstić information content (AvgIpc) is 2.84. The first-order valence-electron chi connectivity index (χ1n) is 9.60. The predicted molar refractivity (Wildman–Crippen MR) is 103 cm³/mol. The number of carbonyl (C=O) groups is 1. The number of rotatable bonds is 4. The van der Waals surface area contributed by atoms with E-state index in [0.29, 0.717) is 32.7 Å². The van der Waals surface area contributed by atoms with Gasteiger partial charge in [0.05, 0.1) is 12.6 Å². The lowest BCUT2D eigenvalue weighted by Crippen LogP contribution is -2.38. The third-order valence-corrected chi connectivity index (χ3v) is 5.40. The van der Waals surface area contributed by atoms with Crippen LogP contribution in [0.5, 0.6) is 0 Å². The van der Waals surface area contributed by atoms with Crippen LogP contribution in [0.25, 0.3) is 11.1 Å². The number of ether oxygens (including phenoxy) is 2. The van der Waals surface area contributed by atoms with Gasteiger partial charge in [0.1, 0.15) is 6.61 Å². The highest BCUT2D eigenvalue weighted by Crippen LogP contribution is 2.44. The number of hydrogen-bond acceptors (Lipinski definition) is 4. The highest BCUT2D eigenvalue weighted by molar-refractivity contribution is 5.79. The van der Waals surface area contributed by atoms with Crippen LogP contribution in [-0.4, -0.2) is 55.1 Å². The lowest BCUT2D eigenvalue weighted by molar-refractivity contribution is 0.0329. The van der Waals surface area contributed by atoms with Gasteiger partial charge in [0.15, 0.2) is 0 Å². The van der Waals surface area contributed by atoms with Gasteiger partial charge >= 0.3 is 6.09 Å². The number of amides is 1. The Morgan fingerprint density at radius 1 is 1.11 bits per heavy atom. The maximum Gasteiger partial charge on any atom is 0.409 e. The van der Waals surface area contributed by atoms with E-state index in [1.807, 2.05) is 24.3 Å². The van der Waals surface area contributed by atoms with Gasteiger partial charge in [-0.2, -0.15) is 0 Å². The van der Waals surface area contributed by atoms with Gasteiger partial charge in [-0.25, -0.2) is 4.79 Å². The van der Waals surface area contributed by atoms with Crippen LogP contribution in [0.15, 0.2) is 48.5 Å². The standard InChI is InChI=1S/C22H25NO4/c24-12-10-16-14-23(11-5-13-26-16)22(25)27-15-21-19-8-3-1-6-17(19)18-7-2-4-9-20(18)21/h1-4,6-9,16,21,24H,5,10-15H2. The van der Waals surface area contributed by atoms with Gasteiger partial charge in [-0.05, 0) is 35.1 Å². The van der Waals surface area contributed by atoms with Crippen LogP contribution in [0.3, 0.4) is 0 Å². The van der Waals surface area contributed by atoms with Crippen molar-refractivity contribution in [2.75, 3.05) is 32.9 Å². The molecule has 1 fully saturated rings. The molecule has 2 aromatic rings. The minimum absolute atomic E-state index is 0.0587. The minimum Gasteiger partial charge on any atom is -0.448 e. The second-order valence-electron chi connectivity index (χ2n) is 7.11. The summed E-state index contributed by atoms with van der Waals surface area (Å²) in [6.07, 6.45) is 0.891. The van der Waals surface area contributed by atoms with Crippen molar-refractivity contribution < 1.29 is 19.4 Å². The predicted octanol–water partition coefficient (Wildman–Crippen LogP) is 3.41. The first-order valence-corrected chi connectivity index (χ1v) is 9.60. The van der Waals surface area contributed by atoms with E-state index < -0.39 is 0 Å². The Labute approximate surface area is 159 Å². The van der Waals surface area contributed by atoms with Gasteiger partial charge in [0, 0.05) is 25.7 Å². The van der Waals surface area contributed by atoms with E-state index in [1.165, 1.54) is 22.3 Å². The molecule has 1 saturated heterocycles. The van der Waals surface area contributed by atoms with Crippen molar-refractivity contribution in [2.24, 2.45) is 0 Å². The molecule has 0 bridgehead atoms. The van der Waals surface area contributed by atoms with E-state index in [2.05, 4.69) is 24.3 Å². The number of benzene rings is 2. The third-order valence-electron chi connectivity index (χ3n) is 5.40. The molecule has 142 valence electrons. The SMILES string of the molecule is O=C(OCC1c2ccccc2-c2ccccc21)N1CCCOC(CCO)C1. The average molecular weight is 367 g/mol. The number of aliphatic hydroxyl groups is 1. The van der Waals surface area contributed by atoms with Crippen LogP contribution < -0.4 is 0 Å². The van der Waals surface area contributed by atoms with Crippen LogP contribution in [0.4, 0.5) is 4.79 Å². The van der Waals surface area contributed by atoms with E-state index in [-0.39, 0.29) is 24.7 Å². The molecule has 1 unspecified atom stereocenters. The summed E-state index contributed by atoms with van der Waals surface area (Å²) in [6, 6.07) is 16.6. The molecule has 1 aliphatic heterocycles. The zero-order valence-corrected chi connectivity index (χ0v) is 15.3. The largest absolute Gasteiger partial charge is 0.448 e. The van der Waals surface area contributed by atoms with Crippen LogP contribution in [-0.2, 0) is 9.47 Å². The molecule has 1 aliphatic carbocycles. The Morgan fingerprint density at radius 2 is 1.78 bits per heavy atom. The third kappa shape index (κ3) is 3.70. The van der Waals surface area contributed by atoms with Crippen molar-refractivity contribution in [1.29, 1.82) is 0 Å². The van der Waals surface area contributed by atoms with Gasteiger partial charge in [-0.3, -0.25) is 0 Å². The van der Waals surface area contributed by atoms with Crippen LogP contribution in [0, 0.1) is 0 Å². The molecule has 0 spiro atoms. The summed E-state index contributed by atoms with van der Waals surface area (Å²) in [5, 5.41) is 9.15. The molecule has 27 heavy (non-hydrogen) atoms. The Bertz CT molecular complexity index is 761. The fourth-order valence-corrected chi connectivity index (χ4v) is 4.06. The summed E-state index contributed by atoms with van der Waals surface area (Å²) >= 11 is 0. The van der Waals surface area contributed by atoms with Gasteiger partial charge in [-0.1, -0.05) is 48.5 Å². The summed E-state index contributed by atoms with van der Waals surface area (Å²) in [7, 11) is 0. The maximum atomic E-state index is 12.7. The Morgan fingerprint density at radius 3 is 2.44 bits per heavy atom. The normalized spacial score (nSPS) is 19.3. The van der Waals surface area contributed by atoms with E-state index >= 15 is 0 Å². The quantitative estimate of drug-likeness (QED) is 0.900. The summed E-state index contributed by atoms with van der Waals surface area (Å²) in [4.78, 5) is 14.4. The molecule has 5 heteroatoms. The highest BCUT2D eigenvalue weighted by atomic mass is 16.6. The Kier molecular flexibility index (Phi) is 5.41. The fraction of sp³-hybridized carbons (Fsp3) is 0.409. The number of fused-ring (bicyclic) bond motifs is 3. The first-order chi connectivity index (χ1) is 13.3. The lowest BCUT2D eigenvalue weighted by atomic mass is 9.98. The zero-order chi connectivity index (χ0) is 18.6. The van der Waals surface area contributed by atoms with E-state index in [1.54, 1.807) is 4.90 Å². The topological polar surface area (TPSA) is 59.0 Å². The summed E-state index contributed by atoms with van der Waals surface area (Å²) < 4.78 is 11.4. The van der Waals surface area contributed by atoms with Crippen molar-refractivity contribution in [3.05, 3.63) is 59.7 Å². The van der Waals surface area contributed by atoms with E-state index in [0.717, 1.165) is 6.42 Å². The molecule has 1 N–H and O–H groups in total. The van der Waals surface area contributed by atoms with Gasteiger partial charge < -0.3 is 19.5 Å². The lowest BCUT2D eigenvalue weighted by Gasteiger charge is -2.24. The van der Waals surface area contributed by atoms with E-state index in [9.17, 15) is 4.79 Å². The first kappa shape index (κ1) is 18.0. The molecule has 1 amide bonds. The second kappa shape index (κ2) is 8.11. The molecule has 1 heterocycles. The van der Waals surface area contributed by atoms with Crippen molar-refractivity contribution in [2.45, 2.75) is 24.9 Å². The molecular weight excluding hydrogens is 342 g/mol. The smallest absolute Gasteiger partial charge is 0.409 e. The van der Waals surface area contributed by atoms with Crippen molar-refractivity contribution in [3.8, 4) is 11.1 Å².